The average molecular weight is 267 g/mol. The van der Waals surface area contributed by atoms with Crippen LogP contribution in [0.3, 0.4) is 0 Å². The van der Waals surface area contributed by atoms with Gasteiger partial charge in [-0.25, -0.2) is 4.79 Å². The highest BCUT2D eigenvalue weighted by Gasteiger charge is 2.50. The van der Waals surface area contributed by atoms with Gasteiger partial charge in [0.05, 0.1) is 6.61 Å². The third-order valence-corrected chi connectivity index (χ3v) is 4.72. The Kier molecular flexibility index (Phi) is 4.45. The number of ether oxygens (including phenoxy) is 1. The van der Waals surface area contributed by atoms with Crippen LogP contribution in [0.5, 0.6) is 0 Å². The second kappa shape index (κ2) is 5.90. The van der Waals surface area contributed by atoms with Crippen LogP contribution in [0.25, 0.3) is 0 Å². The molecule has 0 aromatic carbocycles. The molecule has 5 nitrogen and oxygen atoms in total. The van der Waals surface area contributed by atoms with Gasteiger partial charge in [0.1, 0.15) is 11.4 Å². The van der Waals surface area contributed by atoms with E-state index in [-0.39, 0.29) is 11.6 Å². The summed E-state index contributed by atoms with van der Waals surface area (Å²) in [6, 6.07) is -0.128. The highest BCUT2D eigenvalue weighted by molar-refractivity contribution is 6.08. The molecule has 2 rings (SSSR count). The molecule has 2 aliphatic rings. The first-order valence-corrected chi connectivity index (χ1v) is 7.30. The SMILES string of the molecule is CCC1CCCC2(CC1)C(=N)NC(=O)N2CCOC. The molecule has 1 aliphatic heterocycles. The Balaban J connectivity index is 2.17. The smallest absolute Gasteiger partial charge is 0.323 e. The van der Waals surface area contributed by atoms with E-state index in [0.717, 1.165) is 31.6 Å². The quantitative estimate of drug-likeness (QED) is 0.821. The Morgan fingerprint density at radius 1 is 1.47 bits per heavy atom. The standard InChI is InChI=1S/C14H25N3O2/c1-3-11-5-4-7-14(8-6-11)12(15)16-13(18)17(14)9-10-19-2/h11H,3-10H2,1-2H3,(H2,15,16,18). The molecule has 0 aromatic heterocycles. The number of amidine groups is 1. The lowest BCUT2D eigenvalue weighted by molar-refractivity contribution is 0.117. The van der Waals surface area contributed by atoms with E-state index in [9.17, 15) is 4.79 Å². The normalized spacial score (nSPS) is 31.7. The van der Waals surface area contributed by atoms with Gasteiger partial charge in [-0.2, -0.15) is 0 Å². The summed E-state index contributed by atoms with van der Waals surface area (Å²) in [5, 5.41) is 10.9. The molecule has 108 valence electrons. The minimum atomic E-state index is -0.389. The van der Waals surface area contributed by atoms with E-state index in [4.69, 9.17) is 10.1 Å². The summed E-state index contributed by atoms with van der Waals surface area (Å²) >= 11 is 0. The van der Waals surface area contributed by atoms with E-state index >= 15 is 0 Å². The number of nitrogens with zero attached hydrogens (tertiary/aromatic N) is 1. The molecule has 0 aromatic rings. The van der Waals surface area contributed by atoms with Gasteiger partial charge < -0.3 is 9.64 Å². The Morgan fingerprint density at radius 3 is 2.95 bits per heavy atom. The summed E-state index contributed by atoms with van der Waals surface area (Å²) in [7, 11) is 1.65. The van der Waals surface area contributed by atoms with Crippen molar-refractivity contribution in [3.8, 4) is 0 Å². The van der Waals surface area contributed by atoms with Crippen molar-refractivity contribution in [2.45, 2.75) is 51.0 Å². The summed E-state index contributed by atoms with van der Waals surface area (Å²) in [5.74, 6) is 1.14. The fourth-order valence-corrected chi connectivity index (χ4v) is 3.44. The van der Waals surface area contributed by atoms with Crippen molar-refractivity contribution in [3.05, 3.63) is 0 Å². The zero-order valence-corrected chi connectivity index (χ0v) is 12.0. The van der Waals surface area contributed by atoms with Gasteiger partial charge in [0.15, 0.2) is 0 Å². The minimum absolute atomic E-state index is 0.128. The number of rotatable bonds is 4. The van der Waals surface area contributed by atoms with Gasteiger partial charge in [0.25, 0.3) is 0 Å². The van der Waals surface area contributed by atoms with Crippen LogP contribution in [-0.2, 0) is 4.74 Å². The topological polar surface area (TPSA) is 65.4 Å². The zero-order valence-electron chi connectivity index (χ0n) is 12.0. The third-order valence-electron chi connectivity index (χ3n) is 4.72. The lowest BCUT2D eigenvalue weighted by Crippen LogP contribution is -2.50. The van der Waals surface area contributed by atoms with E-state index in [1.807, 2.05) is 4.90 Å². The van der Waals surface area contributed by atoms with Gasteiger partial charge in [0.2, 0.25) is 0 Å². The number of amides is 2. The maximum absolute atomic E-state index is 12.0. The molecule has 2 amide bonds. The molecule has 1 spiro atoms. The van der Waals surface area contributed by atoms with Gasteiger partial charge in [-0.1, -0.05) is 26.2 Å². The summed E-state index contributed by atoms with van der Waals surface area (Å²) < 4.78 is 5.10. The first-order chi connectivity index (χ1) is 9.14. The minimum Gasteiger partial charge on any atom is -0.383 e. The number of nitrogens with one attached hydrogen (secondary N) is 2. The maximum atomic E-state index is 12.0. The number of urea groups is 1. The highest BCUT2D eigenvalue weighted by Crippen LogP contribution is 2.38. The van der Waals surface area contributed by atoms with Crippen molar-refractivity contribution in [2.24, 2.45) is 5.92 Å². The zero-order chi connectivity index (χ0) is 13.9. The fraction of sp³-hybridized carbons (Fsp3) is 0.857. The first kappa shape index (κ1) is 14.3. The van der Waals surface area contributed by atoms with E-state index in [2.05, 4.69) is 12.2 Å². The van der Waals surface area contributed by atoms with Crippen molar-refractivity contribution in [2.75, 3.05) is 20.3 Å². The predicted molar refractivity (Wildman–Crippen MR) is 74.4 cm³/mol. The monoisotopic (exact) mass is 267 g/mol. The molecule has 1 aliphatic carbocycles. The second-order valence-electron chi connectivity index (χ2n) is 5.69. The molecule has 0 bridgehead atoms. The molecule has 1 saturated carbocycles. The first-order valence-electron chi connectivity index (χ1n) is 7.30. The highest BCUT2D eigenvalue weighted by atomic mass is 16.5. The Labute approximate surface area is 115 Å². The summed E-state index contributed by atoms with van der Waals surface area (Å²) in [5.41, 5.74) is -0.389. The second-order valence-corrected chi connectivity index (χ2v) is 5.69. The summed E-state index contributed by atoms with van der Waals surface area (Å²) in [6.45, 7) is 3.33. The van der Waals surface area contributed by atoms with Crippen LogP contribution in [0, 0.1) is 11.3 Å². The Hall–Kier alpha value is -1.10. The molecule has 2 N–H and O–H groups in total. The number of hydrogen-bond donors (Lipinski definition) is 2. The van der Waals surface area contributed by atoms with Gasteiger partial charge in [0, 0.05) is 13.7 Å². The summed E-state index contributed by atoms with van der Waals surface area (Å²) in [6.07, 6.45) is 6.44. The molecule has 2 atom stereocenters. The number of carbonyl (C=O) groups is 1. The van der Waals surface area contributed by atoms with E-state index in [1.165, 1.54) is 12.8 Å². The van der Waals surface area contributed by atoms with Crippen molar-refractivity contribution in [1.29, 1.82) is 5.41 Å². The Bertz CT molecular complexity index is 359. The fourth-order valence-electron chi connectivity index (χ4n) is 3.44. The van der Waals surface area contributed by atoms with Gasteiger partial charge >= 0.3 is 6.03 Å². The lowest BCUT2D eigenvalue weighted by atomic mass is 9.87. The molecule has 1 saturated heterocycles. The number of hydrogen-bond acceptors (Lipinski definition) is 3. The van der Waals surface area contributed by atoms with Crippen molar-refractivity contribution in [3.63, 3.8) is 0 Å². The molecular weight excluding hydrogens is 242 g/mol. The number of carbonyl (C=O) groups excluding carboxylic acids is 1. The van der Waals surface area contributed by atoms with Gasteiger partial charge in [-0.15, -0.1) is 0 Å². The lowest BCUT2D eigenvalue weighted by Gasteiger charge is -2.36. The third kappa shape index (κ3) is 2.61. The molecule has 19 heavy (non-hydrogen) atoms. The molecule has 1 heterocycles. The molecule has 2 unspecified atom stereocenters. The van der Waals surface area contributed by atoms with Crippen LogP contribution >= 0.6 is 0 Å². The molecule has 0 radical (unpaired) electrons. The van der Waals surface area contributed by atoms with Crippen LogP contribution in [0.4, 0.5) is 4.79 Å². The van der Waals surface area contributed by atoms with E-state index < -0.39 is 0 Å². The molecule has 2 fully saturated rings. The van der Waals surface area contributed by atoms with Crippen LogP contribution in [0.1, 0.15) is 45.4 Å². The van der Waals surface area contributed by atoms with E-state index in [0.29, 0.717) is 19.0 Å². The van der Waals surface area contributed by atoms with Crippen LogP contribution < -0.4 is 5.32 Å². The van der Waals surface area contributed by atoms with Crippen LogP contribution in [0.2, 0.25) is 0 Å². The van der Waals surface area contributed by atoms with Crippen molar-refractivity contribution in [1.82, 2.24) is 10.2 Å². The van der Waals surface area contributed by atoms with E-state index in [1.54, 1.807) is 7.11 Å². The molecular formula is C14H25N3O2. The average Bonchev–Trinajstić information content (AvgIpc) is 2.58. The Morgan fingerprint density at radius 2 is 2.26 bits per heavy atom. The predicted octanol–water partition coefficient (Wildman–Crippen LogP) is 2.36. The van der Waals surface area contributed by atoms with Crippen molar-refractivity contribution >= 4 is 11.9 Å². The molecule has 5 heteroatoms. The van der Waals surface area contributed by atoms with Gasteiger partial charge in [-0.3, -0.25) is 10.7 Å². The van der Waals surface area contributed by atoms with Gasteiger partial charge in [-0.05, 0) is 25.2 Å². The maximum Gasteiger partial charge on any atom is 0.323 e. The van der Waals surface area contributed by atoms with Crippen molar-refractivity contribution < 1.29 is 9.53 Å². The van der Waals surface area contributed by atoms with Crippen LogP contribution in [-0.4, -0.2) is 42.6 Å². The number of methoxy groups -OCH3 is 1. The van der Waals surface area contributed by atoms with Crippen LogP contribution in [0.15, 0.2) is 0 Å². The summed E-state index contributed by atoms with van der Waals surface area (Å²) in [4.78, 5) is 13.9. The largest absolute Gasteiger partial charge is 0.383 e.